The molecule has 140 valence electrons. The van der Waals surface area contributed by atoms with Crippen LogP contribution in [0.2, 0.25) is 0 Å². The summed E-state index contributed by atoms with van der Waals surface area (Å²) >= 11 is 0. The van der Waals surface area contributed by atoms with Gasteiger partial charge in [0.25, 0.3) is 0 Å². The summed E-state index contributed by atoms with van der Waals surface area (Å²) in [5, 5.41) is 3.09. The molecular weight excluding hydrogens is 358 g/mol. The van der Waals surface area contributed by atoms with Gasteiger partial charge in [0.15, 0.2) is 0 Å². The normalized spacial score (nSPS) is 16.7. The minimum absolute atomic E-state index is 0.0385. The highest BCUT2D eigenvalue weighted by atomic mass is 32.2. The van der Waals surface area contributed by atoms with Gasteiger partial charge in [-0.1, -0.05) is 24.3 Å². The SMILES string of the molecule is O=S(=O)(c1ccccc1)N1CCC(CNCc2c(F)cccc2F)CC1. The topological polar surface area (TPSA) is 49.4 Å². The fourth-order valence-corrected chi connectivity index (χ4v) is 4.69. The lowest BCUT2D eigenvalue weighted by Crippen LogP contribution is -2.40. The van der Waals surface area contributed by atoms with Crippen LogP contribution < -0.4 is 5.32 Å². The second kappa shape index (κ2) is 8.24. The lowest BCUT2D eigenvalue weighted by atomic mass is 9.98. The Morgan fingerprint density at radius 2 is 1.58 bits per heavy atom. The Kier molecular flexibility index (Phi) is 6.01. The van der Waals surface area contributed by atoms with Gasteiger partial charge in [-0.2, -0.15) is 4.31 Å². The van der Waals surface area contributed by atoms with Crippen LogP contribution in [0.1, 0.15) is 18.4 Å². The molecule has 2 aromatic rings. The minimum atomic E-state index is -3.45. The molecule has 1 saturated heterocycles. The van der Waals surface area contributed by atoms with Crippen LogP contribution in [-0.4, -0.2) is 32.4 Å². The number of piperidine rings is 1. The highest BCUT2D eigenvalue weighted by Crippen LogP contribution is 2.23. The van der Waals surface area contributed by atoms with Crippen molar-refractivity contribution in [3.8, 4) is 0 Å². The van der Waals surface area contributed by atoms with E-state index in [0.717, 1.165) is 12.8 Å². The summed E-state index contributed by atoms with van der Waals surface area (Å²) in [7, 11) is -3.45. The van der Waals surface area contributed by atoms with Gasteiger partial charge < -0.3 is 5.32 Å². The third kappa shape index (κ3) is 4.28. The molecule has 0 aliphatic carbocycles. The quantitative estimate of drug-likeness (QED) is 0.838. The van der Waals surface area contributed by atoms with Gasteiger partial charge in [0, 0.05) is 25.2 Å². The van der Waals surface area contributed by atoms with Crippen LogP contribution in [0.3, 0.4) is 0 Å². The summed E-state index contributed by atoms with van der Waals surface area (Å²) in [4.78, 5) is 0.312. The van der Waals surface area contributed by atoms with Gasteiger partial charge in [-0.15, -0.1) is 0 Å². The zero-order chi connectivity index (χ0) is 18.6. The van der Waals surface area contributed by atoms with Crippen LogP contribution in [0.5, 0.6) is 0 Å². The summed E-state index contributed by atoms with van der Waals surface area (Å²) in [5.74, 6) is -0.824. The predicted molar refractivity (Wildman–Crippen MR) is 96.0 cm³/mol. The monoisotopic (exact) mass is 380 g/mol. The molecule has 7 heteroatoms. The molecule has 0 aromatic heterocycles. The number of nitrogens with zero attached hydrogens (tertiary/aromatic N) is 1. The van der Waals surface area contributed by atoms with Crippen molar-refractivity contribution in [1.29, 1.82) is 0 Å². The van der Waals surface area contributed by atoms with E-state index in [9.17, 15) is 17.2 Å². The molecule has 0 unspecified atom stereocenters. The van der Waals surface area contributed by atoms with Crippen LogP contribution in [0, 0.1) is 17.6 Å². The first-order chi connectivity index (χ1) is 12.5. The van der Waals surface area contributed by atoms with Gasteiger partial charge in [-0.25, -0.2) is 17.2 Å². The molecular formula is C19H22F2N2O2S. The maximum atomic E-state index is 13.6. The first kappa shape index (κ1) is 18.9. The number of hydrogen-bond acceptors (Lipinski definition) is 3. The van der Waals surface area contributed by atoms with E-state index < -0.39 is 21.7 Å². The second-order valence-electron chi connectivity index (χ2n) is 6.49. The Morgan fingerprint density at radius 3 is 2.19 bits per heavy atom. The van der Waals surface area contributed by atoms with E-state index >= 15 is 0 Å². The smallest absolute Gasteiger partial charge is 0.243 e. The predicted octanol–water partition coefficient (Wildman–Crippen LogP) is 3.16. The number of sulfonamides is 1. The maximum Gasteiger partial charge on any atom is 0.243 e. The van der Waals surface area contributed by atoms with Gasteiger partial charge in [0.2, 0.25) is 10.0 Å². The number of rotatable bonds is 6. The van der Waals surface area contributed by atoms with E-state index in [1.54, 1.807) is 30.3 Å². The Bertz CT molecular complexity index is 816. The van der Waals surface area contributed by atoms with Crippen molar-refractivity contribution >= 4 is 10.0 Å². The Labute approximate surface area is 152 Å². The van der Waals surface area contributed by atoms with Gasteiger partial charge in [0.1, 0.15) is 11.6 Å². The van der Waals surface area contributed by atoms with Crippen molar-refractivity contribution in [3.63, 3.8) is 0 Å². The molecule has 1 fully saturated rings. The number of halogens is 2. The van der Waals surface area contributed by atoms with Crippen molar-refractivity contribution in [2.24, 2.45) is 5.92 Å². The fraction of sp³-hybridized carbons (Fsp3) is 0.368. The molecule has 1 aliphatic heterocycles. The molecule has 0 bridgehead atoms. The summed E-state index contributed by atoms with van der Waals surface area (Å²) < 4.78 is 53.9. The molecule has 26 heavy (non-hydrogen) atoms. The zero-order valence-corrected chi connectivity index (χ0v) is 15.2. The van der Waals surface area contributed by atoms with Gasteiger partial charge in [-0.05, 0) is 49.6 Å². The van der Waals surface area contributed by atoms with E-state index in [0.29, 0.717) is 24.5 Å². The van der Waals surface area contributed by atoms with Gasteiger partial charge in [0.05, 0.1) is 4.90 Å². The minimum Gasteiger partial charge on any atom is -0.312 e. The Hall–Kier alpha value is -1.83. The van der Waals surface area contributed by atoms with Crippen LogP contribution in [0.25, 0.3) is 0 Å². The maximum absolute atomic E-state index is 13.6. The average Bonchev–Trinajstić information content (AvgIpc) is 2.65. The third-order valence-corrected chi connectivity index (χ3v) is 6.66. The average molecular weight is 380 g/mol. The first-order valence-electron chi connectivity index (χ1n) is 8.67. The molecule has 0 saturated carbocycles. The molecule has 1 N–H and O–H groups in total. The van der Waals surface area contributed by atoms with Crippen LogP contribution in [0.4, 0.5) is 8.78 Å². The third-order valence-electron chi connectivity index (χ3n) is 4.75. The van der Waals surface area contributed by atoms with Gasteiger partial charge >= 0.3 is 0 Å². The molecule has 1 heterocycles. The number of benzene rings is 2. The van der Waals surface area contributed by atoms with Gasteiger partial charge in [-0.3, -0.25) is 0 Å². The summed E-state index contributed by atoms with van der Waals surface area (Å²) in [6.07, 6.45) is 1.44. The first-order valence-corrected chi connectivity index (χ1v) is 10.1. The van der Waals surface area contributed by atoms with Crippen molar-refractivity contribution < 1.29 is 17.2 Å². The highest BCUT2D eigenvalue weighted by Gasteiger charge is 2.29. The van der Waals surface area contributed by atoms with E-state index in [2.05, 4.69) is 5.32 Å². The largest absolute Gasteiger partial charge is 0.312 e. The molecule has 1 aliphatic rings. The van der Waals surface area contributed by atoms with Crippen molar-refractivity contribution in [3.05, 3.63) is 65.7 Å². The van der Waals surface area contributed by atoms with Crippen molar-refractivity contribution in [2.75, 3.05) is 19.6 Å². The van der Waals surface area contributed by atoms with Crippen LogP contribution in [0.15, 0.2) is 53.4 Å². The molecule has 4 nitrogen and oxygen atoms in total. The highest BCUT2D eigenvalue weighted by molar-refractivity contribution is 7.89. The van der Waals surface area contributed by atoms with Crippen molar-refractivity contribution in [2.45, 2.75) is 24.3 Å². The molecule has 2 aromatic carbocycles. The standard InChI is InChI=1S/C19H22F2N2O2S/c20-18-7-4-8-19(21)17(18)14-22-13-15-9-11-23(12-10-15)26(24,25)16-5-2-1-3-6-16/h1-8,15,22H,9-14H2. The van der Waals surface area contributed by atoms with Crippen molar-refractivity contribution in [1.82, 2.24) is 9.62 Å². The van der Waals surface area contributed by atoms with E-state index in [-0.39, 0.29) is 18.0 Å². The second-order valence-corrected chi connectivity index (χ2v) is 8.43. The molecule has 0 spiro atoms. The summed E-state index contributed by atoms with van der Waals surface area (Å²) in [6, 6.07) is 12.3. The molecule has 3 rings (SSSR count). The van der Waals surface area contributed by atoms with E-state index in [1.807, 2.05) is 0 Å². The fourth-order valence-electron chi connectivity index (χ4n) is 3.20. The lowest BCUT2D eigenvalue weighted by molar-refractivity contribution is 0.266. The Morgan fingerprint density at radius 1 is 0.962 bits per heavy atom. The summed E-state index contributed by atoms with van der Waals surface area (Å²) in [5.41, 5.74) is 0.0385. The molecule has 0 amide bonds. The summed E-state index contributed by atoms with van der Waals surface area (Å²) in [6.45, 7) is 1.64. The number of nitrogens with one attached hydrogen (secondary N) is 1. The molecule has 0 atom stereocenters. The van der Waals surface area contributed by atoms with Crippen LogP contribution in [-0.2, 0) is 16.6 Å². The van der Waals surface area contributed by atoms with E-state index in [4.69, 9.17) is 0 Å². The molecule has 0 radical (unpaired) electrons. The Balaban J connectivity index is 1.50. The van der Waals surface area contributed by atoms with Crippen LogP contribution >= 0.6 is 0 Å². The van der Waals surface area contributed by atoms with E-state index in [1.165, 1.54) is 22.5 Å². The zero-order valence-electron chi connectivity index (χ0n) is 14.4. The lowest BCUT2D eigenvalue weighted by Gasteiger charge is -2.31. The number of hydrogen-bond donors (Lipinski definition) is 1.